The number of amides is 1. The quantitative estimate of drug-likeness (QED) is 0.337. The van der Waals surface area contributed by atoms with Crippen LogP contribution in [0.4, 0.5) is 16.2 Å². The number of anilines is 1. The number of ether oxygens (including phenoxy) is 2. The number of benzene rings is 1. The average molecular weight is 419 g/mol. The molecule has 30 heavy (non-hydrogen) atoms. The molecular formula is C21H29N3O6. The summed E-state index contributed by atoms with van der Waals surface area (Å²) in [6, 6.07) is 2.94. The van der Waals surface area contributed by atoms with Crippen molar-refractivity contribution in [2.45, 2.75) is 59.2 Å². The van der Waals surface area contributed by atoms with E-state index in [0.29, 0.717) is 25.1 Å². The number of nitrogens with two attached hydrogens (primary N) is 1. The topological polar surface area (TPSA) is 125 Å². The fourth-order valence-corrected chi connectivity index (χ4v) is 2.99. The van der Waals surface area contributed by atoms with E-state index in [2.05, 4.69) is 0 Å². The molecule has 0 saturated heterocycles. The van der Waals surface area contributed by atoms with E-state index in [0.717, 1.165) is 5.57 Å². The first-order chi connectivity index (χ1) is 13.7. The zero-order valence-electron chi connectivity index (χ0n) is 18.3. The lowest BCUT2D eigenvalue weighted by Gasteiger charge is -2.30. The molecule has 0 atom stereocenters. The summed E-state index contributed by atoms with van der Waals surface area (Å²) in [6.07, 6.45) is 1.82. The average Bonchev–Trinajstić information content (AvgIpc) is 2.58. The second kappa shape index (κ2) is 8.33. The maximum Gasteiger partial charge on any atom is 0.410 e. The van der Waals surface area contributed by atoms with Gasteiger partial charge in [0, 0.05) is 18.7 Å². The maximum absolute atomic E-state index is 12.4. The van der Waals surface area contributed by atoms with Gasteiger partial charge in [-0.2, -0.15) is 0 Å². The summed E-state index contributed by atoms with van der Waals surface area (Å²) in [5.41, 5.74) is 5.19. The van der Waals surface area contributed by atoms with Crippen LogP contribution in [0.3, 0.4) is 0 Å². The molecule has 1 heterocycles. The van der Waals surface area contributed by atoms with Crippen LogP contribution in [0, 0.1) is 10.1 Å². The van der Waals surface area contributed by atoms with Crippen LogP contribution in [0.1, 0.15) is 63.9 Å². The fraction of sp³-hybridized carbons (Fsp3) is 0.524. The van der Waals surface area contributed by atoms with Gasteiger partial charge in [-0.25, -0.2) is 9.59 Å². The molecule has 0 unspecified atom stereocenters. The van der Waals surface area contributed by atoms with Crippen molar-refractivity contribution in [3.8, 4) is 0 Å². The van der Waals surface area contributed by atoms with Gasteiger partial charge in [-0.05, 0) is 59.6 Å². The van der Waals surface area contributed by atoms with Gasteiger partial charge in [-0.3, -0.25) is 10.1 Å². The highest BCUT2D eigenvalue weighted by atomic mass is 16.6. The molecule has 0 aromatic heterocycles. The van der Waals surface area contributed by atoms with E-state index >= 15 is 0 Å². The van der Waals surface area contributed by atoms with Crippen molar-refractivity contribution in [3.05, 3.63) is 39.4 Å². The minimum Gasteiger partial charge on any atom is -0.456 e. The van der Waals surface area contributed by atoms with Gasteiger partial charge in [0.1, 0.15) is 22.5 Å². The van der Waals surface area contributed by atoms with Crippen molar-refractivity contribution in [1.82, 2.24) is 4.90 Å². The zero-order valence-corrected chi connectivity index (χ0v) is 18.3. The Labute approximate surface area is 176 Å². The van der Waals surface area contributed by atoms with Gasteiger partial charge in [0.2, 0.25) is 0 Å². The fourth-order valence-electron chi connectivity index (χ4n) is 2.99. The van der Waals surface area contributed by atoms with Gasteiger partial charge < -0.3 is 20.1 Å². The van der Waals surface area contributed by atoms with Crippen LogP contribution in [0.2, 0.25) is 0 Å². The molecule has 1 aliphatic heterocycles. The van der Waals surface area contributed by atoms with Crippen molar-refractivity contribution in [3.63, 3.8) is 0 Å². The normalized spacial score (nSPS) is 14.7. The summed E-state index contributed by atoms with van der Waals surface area (Å²) in [6.45, 7) is 11.1. The van der Waals surface area contributed by atoms with E-state index in [4.69, 9.17) is 15.2 Å². The standard InChI is InChI=1S/C21H29N3O6/c1-20(2,3)29-18(25)15-8-7-14(16(22)17(15)24(27)28)13-9-11-23(12-10-13)19(26)30-21(4,5)6/h7-9H,10-12,22H2,1-6H3. The largest absolute Gasteiger partial charge is 0.456 e. The Kier molecular flexibility index (Phi) is 6.44. The number of rotatable bonds is 3. The Bertz CT molecular complexity index is 893. The minimum atomic E-state index is -0.804. The molecule has 0 bridgehead atoms. The number of nitrogen functional groups attached to an aromatic ring is 1. The molecule has 0 radical (unpaired) electrons. The minimum absolute atomic E-state index is 0.0969. The molecule has 1 aromatic carbocycles. The van der Waals surface area contributed by atoms with Crippen LogP contribution in [-0.2, 0) is 9.47 Å². The van der Waals surface area contributed by atoms with E-state index < -0.39 is 33.9 Å². The molecule has 0 saturated carbocycles. The van der Waals surface area contributed by atoms with E-state index in [-0.39, 0.29) is 11.3 Å². The SMILES string of the molecule is CC(C)(C)OC(=O)c1ccc(C2=CCN(C(=O)OC(C)(C)C)CC2)c(N)c1[N+](=O)[O-]. The molecule has 1 aromatic rings. The van der Waals surface area contributed by atoms with E-state index in [1.807, 2.05) is 0 Å². The Morgan fingerprint density at radius 3 is 2.17 bits per heavy atom. The summed E-state index contributed by atoms with van der Waals surface area (Å²) in [4.78, 5) is 37.1. The number of carbonyl (C=O) groups is 2. The highest BCUT2D eigenvalue weighted by Gasteiger charge is 2.31. The van der Waals surface area contributed by atoms with Crippen molar-refractivity contribution >= 4 is 29.0 Å². The van der Waals surface area contributed by atoms with Crippen molar-refractivity contribution in [2.75, 3.05) is 18.8 Å². The first-order valence-electron chi connectivity index (χ1n) is 9.67. The van der Waals surface area contributed by atoms with Crippen molar-refractivity contribution in [1.29, 1.82) is 0 Å². The Hall–Kier alpha value is -3.10. The third-order valence-corrected chi connectivity index (χ3v) is 4.23. The van der Waals surface area contributed by atoms with Gasteiger partial charge in [-0.15, -0.1) is 0 Å². The number of nitro groups is 1. The number of carbonyl (C=O) groups excluding carboxylic acids is 2. The number of esters is 1. The highest BCUT2D eigenvalue weighted by Crippen LogP contribution is 2.36. The molecular weight excluding hydrogens is 390 g/mol. The third-order valence-electron chi connectivity index (χ3n) is 4.23. The summed E-state index contributed by atoms with van der Waals surface area (Å²) >= 11 is 0. The summed E-state index contributed by atoms with van der Waals surface area (Å²) in [5.74, 6) is -0.804. The summed E-state index contributed by atoms with van der Waals surface area (Å²) in [7, 11) is 0. The molecule has 164 valence electrons. The first kappa shape index (κ1) is 23.2. The smallest absolute Gasteiger partial charge is 0.410 e. The predicted molar refractivity (Wildman–Crippen MR) is 113 cm³/mol. The van der Waals surface area contributed by atoms with Crippen molar-refractivity contribution in [2.24, 2.45) is 0 Å². The highest BCUT2D eigenvalue weighted by molar-refractivity contribution is 5.99. The van der Waals surface area contributed by atoms with Gasteiger partial charge in [-0.1, -0.05) is 12.1 Å². The predicted octanol–water partition coefficient (Wildman–Crippen LogP) is 4.16. The van der Waals surface area contributed by atoms with E-state index in [1.54, 1.807) is 58.6 Å². The number of nitrogens with zero attached hydrogens (tertiary/aromatic N) is 2. The summed E-state index contributed by atoms with van der Waals surface area (Å²) < 4.78 is 10.6. The van der Waals surface area contributed by atoms with Crippen LogP contribution >= 0.6 is 0 Å². The van der Waals surface area contributed by atoms with Crippen LogP contribution in [0.5, 0.6) is 0 Å². The third kappa shape index (κ3) is 5.71. The van der Waals surface area contributed by atoms with E-state index in [1.165, 1.54) is 6.07 Å². The Balaban J connectivity index is 2.31. The zero-order chi connectivity index (χ0) is 22.9. The van der Waals surface area contributed by atoms with Gasteiger partial charge in [0.25, 0.3) is 0 Å². The van der Waals surface area contributed by atoms with E-state index in [9.17, 15) is 19.7 Å². The number of hydrogen-bond donors (Lipinski definition) is 1. The molecule has 2 N–H and O–H groups in total. The number of hydrogen-bond acceptors (Lipinski definition) is 7. The lowest BCUT2D eigenvalue weighted by molar-refractivity contribution is -0.384. The second-order valence-corrected chi connectivity index (χ2v) is 9.09. The molecule has 0 fully saturated rings. The molecule has 0 spiro atoms. The van der Waals surface area contributed by atoms with Crippen LogP contribution < -0.4 is 5.73 Å². The van der Waals surface area contributed by atoms with Gasteiger partial charge in [0.05, 0.1) is 4.92 Å². The van der Waals surface area contributed by atoms with Crippen molar-refractivity contribution < 1.29 is 24.0 Å². The molecule has 9 nitrogen and oxygen atoms in total. The molecule has 9 heteroatoms. The maximum atomic E-state index is 12.4. The monoisotopic (exact) mass is 419 g/mol. The molecule has 1 aliphatic rings. The Morgan fingerprint density at radius 1 is 1.10 bits per heavy atom. The molecule has 1 amide bonds. The Morgan fingerprint density at radius 2 is 1.70 bits per heavy atom. The summed E-state index contributed by atoms with van der Waals surface area (Å²) in [5, 5.41) is 11.7. The van der Waals surface area contributed by atoms with Crippen LogP contribution in [-0.4, -0.2) is 46.2 Å². The van der Waals surface area contributed by atoms with Crippen LogP contribution in [0.25, 0.3) is 5.57 Å². The lowest BCUT2D eigenvalue weighted by atomic mass is 9.95. The van der Waals surface area contributed by atoms with Gasteiger partial charge in [0.15, 0.2) is 0 Å². The number of nitro benzene ring substituents is 1. The van der Waals surface area contributed by atoms with Gasteiger partial charge >= 0.3 is 17.7 Å². The molecule has 2 rings (SSSR count). The molecule has 0 aliphatic carbocycles. The first-order valence-corrected chi connectivity index (χ1v) is 9.67. The lowest BCUT2D eigenvalue weighted by Crippen LogP contribution is -2.39. The second-order valence-electron chi connectivity index (χ2n) is 9.09. The van der Waals surface area contributed by atoms with Crippen LogP contribution in [0.15, 0.2) is 18.2 Å².